The van der Waals surface area contributed by atoms with E-state index in [0.717, 1.165) is 11.1 Å². The predicted molar refractivity (Wildman–Crippen MR) is 77.9 cm³/mol. The average Bonchev–Trinajstić information content (AvgIpc) is 2.41. The van der Waals surface area contributed by atoms with Crippen LogP contribution in [0.15, 0.2) is 12.1 Å². The number of Topliss-reactive ketones (excluding diaryl/α,β-unsaturated/α-hetero) is 1. The molecule has 0 spiro atoms. The Morgan fingerprint density at radius 3 is 2.59 bits per heavy atom. The summed E-state index contributed by atoms with van der Waals surface area (Å²) in [5, 5.41) is 0. The van der Waals surface area contributed by atoms with E-state index in [1.165, 1.54) is 7.11 Å². The van der Waals surface area contributed by atoms with Crippen molar-refractivity contribution in [3.8, 4) is 5.75 Å². The number of fused-ring (bicyclic) bond motifs is 1. The molecule has 0 radical (unpaired) electrons. The van der Waals surface area contributed by atoms with Gasteiger partial charge in [0.05, 0.1) is 12.8 Å². The van der Waals surface area contributed by atoms with E-state index < -0.39 is 23.8 Å². The number of hydrogen-bond donors (Lipinski definition) is 1. The van der Waals surface area contributed by atoms with Crippen LogP contribution in [0.2, 0.25) is 0 Å². The fourth-order valence-electron chi connectivity index (χ4n) is 3.23. The van der Waals surface area contributed by atoms with Gasteiger partial charge in [-0.1, -0.05) is 13.8 Å². The molecule has 0 saturated heterocycles. The predicted octanol–water partition coefficient (Wildman–Crippen LogP) is 3.64. The monoisotopic (exact) mass is 315 g/mol. The number of aryl methyl sites for hydroxylation is 1. The third-order valence-electron chi connectivity index (χ3n) is 4.68. The van der Waals surface area contributed by atoms with Crippen LogP contribution in [0, 0.1) is 5.92 Å². The molecule has 2 N–H and O–H groups in total. The summed E-state index contributed by atoms with van der Waals surface area (Å²) in [6.07, 6.45) is -4.10. The van der Waals surface area contributed by atoms with Crippen LogP contribution in [0.3, 0.4) is 0 Å². The Morgan fingerprint density at radius 2 is 2.05 bits per heavy atom. The molecule has 0 aromatic heterocycles. The number of carbonyl (C=O) groups is 1. The molecule has 2 rings (SSSR count). The lowest BCUT2D eigenvalue weighted by Crippen LogP contribution is -2.38. The Bertz CT molecular complexity index is 594. The van der Waals surface area contributed by atoms with Crippen LogP contribution in [-0.4, -0.2) is 19.1 Å². The van der Waals surface area contributed by atoms with Crippen molar-refractivity contribution in [2.45, 2.75) is 44.7 Å². The lowest BCUT2D eigenvalue weighted by Gasteiger charge is -2.40. The number of alkyl halides is 3. The molecule has 22 heavy (non-hydrogen) atoms. The van der Waals surface area contributed by atoms with Crippen molar-refractivity contribution < 1.29 is 22.7 Å². The van der Waals surface area contributed by atoms with E-state index in [4.69, 9.17) is 10.5 Å². The van der Waals surface area contributed by atoms with E-state index in [2.05, 4.69) is 0 Å². The van der Waals surface area contributed by atoms with Gasteiger partial charge in [-0.15, -0.1) is 0 Å². The molecule has 0 amide bonds. The fraction of sp³-hybridized carbons (Fsp3) is 0.562. The molecule has 3 nitrogen and oxygen atoms in total. The Morgan fingerprint density at radius 1 is 1.41 bits per heavy atom. The van der Waals surface area contributed by atoms with E-state index in [-0.39, 0.29) is 5.92 Å². The van der Waals surface area contributed by atoms with Crippen molar-refractivity contribution in [2.24, 2.45) is 5.92 Å². The molecular formula is C16H20F3NO2. The topological polar surface area (TPSA) is 52.3 Å². The highest BCUT2D eigenvalue weighted by Crippen LogP contribution is 2.46. The van der Waals surface area contributed by atoms with Crippen LogP contribution >= 0.6 is 0 Å². The van der Waals surface area contributed by atoms with E-state index in [1.54, 1.807) is 6.07 Å². The zero-order valence-electron chi connectivity index (χ0n) is 12.9. The summed E-state index contributed by atoms with van der Waals surface area (Å²) < 4.78 is 42.8. The first kappa shape index (κ1) is 16.6. The highest BCUT2D eigenvalue weighted by atomic mass is 19.4. The first-order chi connectivity index (χ1) is 10.1. The maximum absolute atomic E-state index is 12.5. The number of hydrogen-bond acceptors (Lipinski definition) is 3. The maximum atomic E-state index is 12.5. The number of rotatable bonds is 3. The lowest BCUT2D eigenvalue weighted by molar-refractivity contribution is -0.172. The summed E-state index contributed by atoms with van der Waals surface area (Å²) in [6, 6.07) is 3.60. The highest BCUT2D eigenvalue weighted by molar-refractivity contribution is 5.84. The highest BCUT2D eigenvalue weighted by Gasteiger charge is 2.44. The quantitative estimate of drug-likeness (QED) is 0.866. The molecule has 1 aromatic carbocycles. The van der Waals surface area contributed by atoms with Crippen LogP contribution in [0.1, 0.15) is 37.8 Å². The SMILES string of the molecule is COc1cc2c(cc1N)C(C)(C)C(CC(=O)C(F)(F)F)CC2. The smallest absolute Gasteiger partial charge is 0.449 e. The van der Waals surface area contributed by atoms with Crippen molar-refractivity contribution in [3.63, 3.8) is 0 Å². The summed E-state index contributed by atoms with van der Waals surface area (Å²) in [5.41, 5.74) is 7.75. The van der Waals surface area contributed by atoms with Crippen LogP contribution in [0.25, 0.3) is 0 Å². The number of methoxy groups -OCH3 is 1. The van der Waals surface area contributed by atoms with Crippen molar-refractivity contribution in [2.75, 3.05) is 12.8 Å². The molecule has 1 aromatic rings. The van der Waals surface area contributed by atoms with Gasteiger partial charge in [0.1, 0.15) is 5.75 Å². The number of halogens is 3. The molecule has 1 unspecified atom stereocenters. The van der Waals surface area contributed by atoms with Gasteiger partial charge < -0.3 is 10.5 Å². The third-order valence-corrected chi connectivity index (χ3v) is 4.68. The van der Waals surface area contributed by atoms with Gasteiger partial charge in [0.2, 0.25) is 5.78 Å². The molecule has 0 fully saturated rings. The number of ketones is 1. The molecule has 6 heteroatoms. The van der Waals surface area contributed by atoms with E-state index >= 15 is 0 Å². The van der Waals surface area contributed by atoms with Gasteiger partial charge >= 0.3 is 6.18 Å². The van der Waals surface area contributed by atoms with Crippen LogP contribution in [0.4, 0.5) is 18.9 Å². The first-order valence-corrected chi connectivity index (χ1v) is 7.14. The molecule has 0 saturated carbocycles. The van der Waals surface area contributed by atoms with Gasteiger partial charge in [-0.25, -0.2) is 0 Å². The van der Waals surface area contributed by atoms with Gasteiger partial charge in [0.15, 0.2) is 0 Å². The zero-order valence-corrected chi connectivity index (χ0v) is 12.9. The van der Waals surface area contributed by atoms with Crippen LogP contribution < -0.4 is 10.5 Å². The van der Waals surface area contributed by atoms with Gasteiger partial charge in [-0.3, -0.25) is 4.79 Å². The Labute approximate surface area is 127 Å². The molecule has 1 aliphatic carbocycles. The Hall–Kier alpha value is -1.72. The summed E-state index contributed by atoms with van der Waals surface area (Å²) in [5.74, 6) is -1.45. The van der Waals surface area contributed by atoms with E-state index in [1.807, 2.05) is 19.9 Å². The maximum Gasteiger partial charge on any atom is 0.449 e. The van der Waals surface area contributed by atoms with Gasteiger partial charge in [0.25, 0.3) is 0 Å². The second kappa shape index (κ2) is 5.48. The van der Waals surface area contributed by atoms with E-state index in [9.17, 15) is 18.0 Å². The van der Waals surface area contributed by atoms with Crippen molar-refractivity contribution >= 4 is 11.5 Å². The summed E-state index contributed by atoms with van der Waals surface area (Å²) in [7, 11) is 1.52. The molecule has 1 aliphatic rings. The minimum absolute atomic E-state index is 0.359. The van der Waals surface area contributed by atoms with Gasteiger partial charge in [-0.05, 0) is 47.4 Å². The molecule has 0 bridgehead atoms. The normalized spacial score (nSPS) is 20.4. The third kappa shape index (κ3) is 2.91. The Kier molecular flexibility index (Phi) is 4.15. The van der Waals surface area contributed by atoms with Crippen molar-refractivity contribution in [1.82, 2.24) is 0 Å². The number of nitrogens with two attached hydrogens (primary N) is 1. The number of ether oxygens (including phenoxy) is 1. The molecule has 122 valence electrons. The number of nitrogen functional groups attached to an aromatic ring is 1. The second-order valence-electron chi connectivity index (χ2n) is 6.33. The van der Waals surface area contributed by atoms with Gasteiger partial charge in [-0.2, -0.15) is 13.2 Å². The summed E-state index contributed by atoms with van der Waals surface area (Å²) in [6.45, 7) is 3.73. The molecule has 0 aliphatic heterocycles. The lowest BCUT2D eigenvalue weighted by atomic mass is 9.64. The number of benzene rings is 1. The Balaban J connectivity index is 2.34. The van der Waals surface area contributed by atoms with Crippen LogP contribution in [-0.2, 0) is 16.6 Å². The largest absolute Gasteiger partial charge is 0.495 e. The molecule has 0 heterocycles. The zero-order chi connectivity index (χ0) is 16.7. The van der Waals surface area contributed by atoms with Gasteiger partial charge in [0, 0.05) is 6.42 Å². The number of anilines is 1. The molecular weight excluding hydrogens is 295 g/mol. The van der Waals surface area contributed by atoms with E-state index in [0.29, 0.717) is 24.3 Å². The minimum atomic E-state index is -4.77. The van der Waals surface area contributed by atoms with Crippen LogP contribution in [0.5, 0.6) is 5.75 Å². The second-order valence-corrected chi connectivity index (χ2v) is 6.33. The standard InChI is InChI=1S/C16H20F3NO2/c1-15(2)10(7-14(21)16(17,18)19)5-4-9-6-13(22-3)12(20)8-11(9)15/h6,8,10H,4-5,7,20H2,1-3H3. The summed E-state index contributed by atoms with van der Waals surface area (Å²) in [4.78, 5) is 11.3. The summed E-state index contributed by atoms with van der Waals surface area (Å²) >= 11 is 0. The average molecular weight is 315 g/mol. The molecule has 1 atom stereocenters. The number of carbonyl (C=O) groups excluding carboxylic acids is 1. The first-order valence-electron chi connectivity index (χ1n) is 7.14. The minimum Gasteiger partial charge on any atom is -0.495 e. The fourth-order valence-corrected chi connectivity index (χ4v) is 3.23. The van der Waals surface area contributed by atoms with Crippen molar-refractivity contribution in [3.05, 3.63) is 23.3 Å². The van der Waals surface area contributed by atoms with Crippen molar-refractivity contribution in [1.29, 1.82) is 0 Å².